The number of aliphatic imine (C=N–C) groups is 1. The molecule has 1 aromatic heterocycles. The topological polar surface area (TPSA) is 34.5 Å². The Morgan fingerprint density at radius 3 is 2.73 bits per heavy atom. The second-order valence-corrected chi connectivity index (χ2v) is 3.84. The highest BCUT2D eigenvalue weighted by Gasteiger charge is 2.37. The van der Waals surface area contributed by atoms with Gasteiger partial charge in [-0.15, -0.1) is 0 Å². The summed E-state index contributed by atoms with van der Waals surface area (Å²) in [6.45, 7) is 4.19. The van der Waals surface area contributed by atoms with E-state index in [4.69, 9.17) is 4.74 Å². The lowest BCUT2D eigenvalue weighted by Crippen LogP contribution is -2.37. The molecule has 1 unspecified atom stereocenters. The zero-order valence-corrected chi connectivity index (χ0v) is 8.92. The largest absolute Gasteiger partial charge is 0.481 e. The molecule has 0 bridgehead atoms. The van der Waals surface area contributed by atoms with Crippen LogP contribution in [-0.4, -0.2) is 11.2 Å². The number of hydrogen-bond acceptors (Lipinski definition) is 3. The SMILES string of the molecule is CC(C)C1(c2ccccn2)C=NC=CO1. The molecule has 3 nitrogen and oxygen atoms in total. The summed E-state index contributed by atoms with van der Waals surface area (Å²) in [4.78, 5) is 8.50. The Kier molecular flexibility index (Phi) is 2.54. The smallest absolute Gasteiger partial charge is 0.187 e. The minimum atomic E-state index is -0.518. The molecule has 1 aromatic rings. The van der Waals surface area contributed by atoms with E-state index in [2.05, 4.69) is 23.8 Å². The molecule has 2 rings (SSSR count). The van der Waals surface area contributed by atoms with Crippen LogP contribution in [0.2, 0.25) is 0 Å². The Balaban J connectivity index is 2.44. The first-order valence-corrected chi connectivity index (χ1v) is 5.04. The highest BCUT2D eigenvalue weighted by Crippen LogP contribution is 2.32. The molecular formula is C12H14N2O. The van der Waals surface area contributed by atoms with Gasteiger partial charge in [0, 0.05) is 12.1 Å². The van der Waals surface area contributed by atoms with E-state index < -0.39 is 5.60 Å². The van der Waals surface area contributed by atoms with Crippen LogP contribution < -0.4 is 0 Å². The Bertz CT molecular complexity index is 384. The van der Waals surface area contributed by atoms with Crippen molar-refractivity contribution >= 4 is 6.21 Å². The minimum Gasteiger partial charge on any atom is -0.481 e. The highest BCUT2D eigenvalue weighted by molar-refractivity contribution is 5.72. The molecule has 78 valence electrons. The lowest BCUT2D eigenvalue weighted by molar-refractivity contribution is 0.0383. The molecule has 2 heterocycles. The Morgan fingerprint density at radius 2 is 2.20 bits per heavy atom. The van der Waals surface area contributed by atoms with Gasteiger partial charge in [0.25, 0.3) is 0 Å². The fraction of sp³-hybridized carbons (Fsp3) is 0.333. The molecule has 0 aromatic carbocycles. The van der Waals surface area contributed by atoms with Crippen LogP contribution in [0.4, 0.5) is 0 Å². The van der Waals surface area contributed by atoms with Gasteiger partial charge in [-0.1, -0.05) is 19.9 Å². The Morgan fingerprint density at radius 1 is 1.33 bits per heavy atom. The van der Waals surface area contributed by atoms with Gasteiger partial charge in [-0.25, -0.2) is 0 Å². The fourth-order valence-electron chi connectivity index (χ4n) is 1.66. The van der Waals surface area contributed by atoms with Crippen molar-refractivity contribution in [1.82, 2.24) is 4.98 Å². The van der Waals surface area contributed by atoms with E-state index >= 15 is 0 Å². The maximum atomic E-state index is 5.72. The van der Waals surface area contributed by atoms with Crippen molar-refractivity contribution < 1.29 is 4.74 Å². The lowest BCUT2D eigenvalue weighted by atomic mass is 9.87. The fourth-order valence-corrected chi connectivity index (χ4v) is 1.66. The number of hydrogen-bond donors (Lipinski definition) is 0. The highest BCUT2D eigenvalue weighted by atomic mass is 16.5. The van der Waals surface area contributed by atoms with E-state index in [1.165, 1.54) is 0 Å². The van der Waals surface area contributed by atoms with Gasteiger partial charge < -0.3 is 4.74 Å². The zero-order valence-electron chi connectivity index (χ0n) is 8.92. The Hall–Kier alpha value is -1.64. The molecule has 0 spiro atoms. The van der Waals surface area contributed by atoms with Crippen LogP contribution in [0, 0.1) is 5.92 Å². The van der Waals surface area contributed by atoms with Crippen LogP contribution >= 0.6 is 0 Å². The molecule has 0 radical (unpaired) electrons. The van der Waals surface area contributed by atoms with Crippen molar-refractivity contribution in [3.63, 3.8) is 0 Å². The molecule has 15 heavy (non-hydrogen) atoms. The Labute approximate surface area is 89.5 Å². The second-order valence-electron chi connectivity index (χ2n) is 3.84. The molecule has 0 saturated carbocycles. The zero-order chi connectivity index (χ0) is 10.7. The molecule has 0 fully saturated rings. The number of rotatable bonds is 2. The van der Waals surface area contributed by atoms with Crippen LogP contribution in [0.5, 0.6) is 0 Å². The number of ether oxygens (including phenoxy) is 1. The summed E-state index contributed by atoms with van der Waals surface area (Å²) in [5.74, 6) is 0.279. The number of pyridine rings is 1. The maximum Gasteiger partial charge on any atom is 0.187 e. The molecule has 0 amide bonds. The van der Waals surface area contributed by atoms with Gasteiger partial charge in [0.15, 0.2) is 5.60 Å². The van der Waals surface area contributed by atoms with Crippen molar-refractivity contribution in [1.29, 1.82) is 0 Å². The molecule has 1 atom stereocenters. The van der Waals surface area contributed by atoms with Crippen LogP contribution in [0.3, 0.4) is 0 Å². The summed E-state index contributed by atoms with van der Waals surface area (Å²) < 4.78 is 5.72. The van der Waals surface area contributed by atoms with Gasteiger partial charge in [0.05, 0.1) is 18.1 Å². The average molecular weight is 202 g/mol. The van der Waals surface area contributed by atoms with Crippen molar-refractivity contribution in [2.24, 2.45) is 10.9 Å². The summed E-state index contributed by atoms with van der Waals surface area (Å²) in [7, 11) is 0. The van der Waals surface area contributed by atoms with Crippen molar-refractivity contribution in [3.05, 3.63) is 42.6 Å². The van der Waals surface area contributed by atoms with Crippen LogP contribution in [0.1, 0.15) is 19.5 Å². The van der Waals surface area contributed by atoms with Gasteiger partial charge in [0.2, 0.25) is 0 Å². The number of nitrogens with zero attached hydrogens (tertiary/aromatic N) is 2. The second kappa shape index (κ2) is 3.85. The van der Waals surface area contributed by atoms with Gasteiger partial charge >= 0.3 is 0 Å². The van der Waals surface area contributed by atoms with Gasteiger partial charge in [-0.2, -0.15) is 0 Å². The minimum absolute atomic E-state index is 0.279. The quantitative estimate of drug-likeness (QED) is 0.738. The maximum absolute atomic E-state index is 5.72. The first-order valence-electron chi connectivity index (χ1n) is 5.04. The predicted molar refractivity (Wildman–Crippen MR) is 59.5 cm³/mol. The molecule has 1 aliphatic rings. The molecular weight excluding hydrogens is 188 g/mol. The summed E-state index contributed by atoms with van der Waals surface area (Å²) >= 11 is 0. The summed E-state index contributed by atoms with van der Waals surface area (Å²) in [5.41, 5.74) is 0.379. The van der Waals surface area contributed by atoms with E-state index in [1.54, 1.807) is 18.7 Å². The third kappa shape index (κ3) is 1.65. The van der Waals surface area contributed by atoms with Gasteiger partial charge in [-0.05, 0) is 12.1 Å². The van der Waals surface area contributed by atoms with Crippen LogP contribution in [0.15, 0.2) is 41.9 Å². The normalized spacial score (nSPS) is 24.2. The molecule has 3 heteroatoms. The van der Waals surface area contributed by atoms with E-state index in [1.807, 2.05) is 24.4 Å². The molecule has 1 aliphatic heterocycles. The molecule has 0 N–H and O–H groups in total. The molecule has 0 aliphatic carbocycles. The number of aromatic nitrogens is 1. The first-order chi connectivity index (χ1) is 7.26. The van der Waals surface area contributed by atoms with Gasteiger partial charge in [-0.3, -0.25) is 9.98 Å². The third-order valence-corrected chi connectivity index (χ3v) is 2.60. The van der Waals surface area contributed by atoms with Crippen LogP contribution in [-0.2, 0) is 10.3 Å². The van der Waals surface area contributed by atoms with Crippen molar-refractivity contribution in [2.75, 3.05) is 0 Å². The average Bonchev–Trinajstić information content (AvgIpc) is 2.31. The predicted octanol–water partition coefficient (Wildman–Crippen LogP) is 2.51. The van der Waals surface area contributed by atoms with E-state index in [9.17, 15) is 0 Å². The monoisotopic (exact) mass is 202 g/mol. The van der Waals surface area contributed by atoms with Crippen molar-refractivity contribution in [2.45, 2.75) is 19.4 Å². The summed E-state index contributed by atoms with van der Waals surface area (Å²) in [5, 5.41) is 0. The molecule has 0 saturated heterocycles. The van der Waals surface area contributed by atoms with Gasteiger partial charge in [0.1, 0.15) is 6.26 Å². The van der Waals surface area contributed by atoms with Crippen molar-refractivity contribution in [3.8, 4) is 0 Å². The first kappa shape index (κ1) is 9.90. The van der Waals surface area contributed by atoms with E-state index in [0.717, 1.165) is 5.69 Å². The lowest BCUT2D eigenvalue weighted by Gasteiger charge is -2.33. The van der Waals surface area contributed by atoms with Crippen LogP contribution in [0.25, 0.3) is 0 Å². The standard InChI is InChI=1S/C12H14N2O/c1-10(2)12(9-13-7-8-15-12)11-5-3-4-6-14-11/h3-10H,1-2H3. The summed E-state index contributed by atoms with van der Waals surface area (Å²) in [6, 6.07) is 5.82. The van der Waals surface area contributed by atoms with E-state index in [-0.39, 0.29) is 5.92 Å². The van der Waals surface area contributed by atoms with E-state index in [0.29, 0.717) is 0 Å². The third-order valence-electron chi connectivity index (χ3n) is 2.60. The summed E-state index contributed by atoms with van der Waals surface area (Å²) in [6.07, 6.45) is 6.85.